The van der Waals surface area contributed by atoms with E-state index in [0.717, 1.165) is 4.47 Å². The zero-order valence-electron chi connectivity index (χ0n) is 7.17. The molecule has 72 valence electrons. The van der Waals surface area contributed by atoms with E-state index in [1.165, 1.54) is 0 Å². The Labute approximate surface area is 90.5 Å². The summed E-state index contributed by atoms with van der Waals surface area (Å²) in [6.07, 6.45) is 1.68. The first kappa shape index (κ1) is 10.8. The van der Waals surface area contributed by atoms with Crippen LogP contribution in [0, 0.1) is 0 Å². The highest BCUT2D eigenvalue weighted by molar-refractivity contribution is 9.10. The third kappa shape index (κ3) is 2.83. The Kier molecular flexibility index (Phi) is 3.96. The molecule has 0 radical (unpaired) electrons. The predicted molar refractivity (Wildman–Crippen MR) is 57.3 cm³/mol. The third-order valence-electron chi connectivity index (χ3n) is 1.59. The van der Waals surface area contributed by atoms with Gasteiger partial charge in [-0.15, -0.1) is 0 Å². The maximum absolute atomic E-state index is 8.72. The molecule has 0 saturated carbocycles. The summed E-state index contributed by atoms with van der Waals surface area (Å²) < 4.78 is 0.846. The Morgan fingerprint density at radius 3 is 2.92 bits per heavy atom. The molecule has 0 aliphatic rings. The molecule has 1 rings (SSSR count). The summed E-state index contributed by atoms with van der Waals surface area (Å²) in [5.74, 6) is 0.680. The molecule has 1 aromatic rings. The molecule has 5 heteroatoms. The molecule has 3 nitrogen and oxygen atoms in total. The van der Waals surface area contributed by atoms with Gasteiger partial charge in [-0.3, -0.25) is 0 Å². The SMILES string of the molecule is CN(CCO)c1ncc(Br)cc1Cl. The average Bonchev–Trinajstić information content (AvgIpc) is 2.04. The molecular formula is C8H10BrClN2O. The maximum atomic E-state index is 8.72. The zero-order valence-corrected chi connectivity index (χ0v) is 9.51. The first-order valence-corrected chi connectivity index (χ1v) is 4.95. The van der Waals surface area contributed by atoms with Gasteiger partial charge in [-0.1, -0.05) is 11.6 Å². The largest absolute Gasteiger partial charge is 0.395 e. The van der Waals surface area contributed by atoms with Crippen LogP contribution in [0.2, 0.25) is 5.02 Å². The van der Waals surface area contributed by atoms with E-state index >= 15 is 0 Å². The second-order valence-electron chi connectivity index (χ2n) is 2.60. The fourth-order valence-electron chi connectivity index (χ4n) is 0.944. The van der Waals surface area contributed by atoms with Crippen molar-refractivity contribution in [2.45, 2.75) is 0 Å². The van der Waals surface area contributed by atoms with Crippen LogP contribution >= 0.6 is 27.5 Å². The van der Waals surface area contributed by atoms with Gasteiger partial charge >= 0.3 is 0 Å². The Morgan fingerprint density at radius 1 is 1.69 bits per heavy atom. The number of hydrogen-bond donors (Lipinski definition) is 1. The Bertz CT molecular complexity index is 295. The van der Waals surface area contributed by atoms with E-state index in [9.17, 15) is 0 Å². The lowest BCUT2D eigenvalue weighted by atomic mass is 10.4. The van der Waals surface area contributed by atoms with Crippen molar-refractivity contribution >= 4 is 33.3 Å². The molecule has 0 fully saturated rings. The molecule has 0 aromatic carbocycles. The van der Waals surface area contributed by atoms with Gasteiger partial charge in [0.2, 0.25) is 0 Å². The van der Waals surface area contributed by atoms with Gasteiger partial charge in [-0.05, 0) is 22.0 Å². The van der Waals surface area contributed by atoms with E-state index in [0.29, 0.717) is 17.4 Å². The molecule has 0 amide bonds. The van der Waals surface area contributed by atoms with Crippen molar-refractivity contribution in [3.8, 4) is 0 Å². The van der Waals surface area contributed by atoms with E-state index in [-0.39, 0.29) is 6.61 Å². The minimum atomic E-state index is 0.0879. The van der Waals surface area contributed by atoms with Crippen molar-refractivity contribution in [3.05, 3.63) is 21.8 Å². The summed E-state index contributed by atoms with van der Waals surface area (Å²) in [5, 5.41) is 9.30. The van der Waals surface area contributed by atoms with Crippen LogP contribution < -0.4 is 4.90 Å². The van der Waals surface area contributed by atoms with Gasteiger partial charge in [0, 0.05) is 24.3 Å². The second kappa shape index (κ2) is 4.79. The molecule has 1 aromatic heterocycles. The number of aliphatic hydroxyl groups excluding tert-OH is 1. The number of aliphatic hydroxyl groups is 1. The second-order valence-corrected chi connectivity index (χ2v) is 3.93. The van der Waals surface area contributed by atoms with Gasteiger partial charge in [0.15, 0.2) is 0 Å². The first-order valence-electron chi connectivity index (χ1n) is 3.78. The Hall–Kier alpha value is -0.320. The van der Waals surface area contributed by atoms with E-state index in [4.69, 9.17) is 16.7 Å². The molecule has 1 N–H and O–H groups in total. The van der Waals surface area contributed by atoms with Gasteiger partial charge in [0.05, 0.1) is 11.6 Å². The molecule has 0 spiro atoms. The number of halogens is 2. The van der Waals surface area contributed by atoms with Gasteiger partial charge < -0.3 is 10.0 Å². The van der Waals surface area contributed by atoms with Crippen molar-refractivity contribution in [1.29, 1.82) is 0 Å². The van der Waals surface area contributed by atoms with Crippen molar-refractivity contribution in [2.75, 3.05) is 25.1 Å². The monoisotopic (exact) mass is 264 g/mol. The number of likely N-dealkylation sites (N-methyl/N-ethyl adjacent to an activating group) is 1. The highest BCUT2D eigenvalue weighted by Gasteiger charge is 2.06. The molecule has 1 heterocycles. The summed E-state index contributed by atoms with van der Waals surface area (Å²) in [6.45, 7) is 0.610. The number of aromatic nitrogens is 1. The fraction of sp³-hybridized carbons (Fsp3) is 0.375. The smallest absolute Gasteiger partial charge is 0.147 e. The lowest BCUT2D eigenvalue weighted by Crippen LogP contribution is -2.22. The molecule has 0 atom stereocenters. The topological polar surface area (TPSA) is 36.4 Å². The van der Waals surface area contributed by atoms with Crippen LogP contribution in [-0.4, -0.2) is 30.3 Å². The van der Waals surface area contributed by atoms with Crippen molar-refractivity contribution < 1.29 is 5.11 Å². The number of anilines is 1. The summed E-state index contributed by atoms with van der Waals surface area (Å²) in [6, 6.07) is 1.78. The number of hydrogen-bond acceptors (Lipinski definition) is 3. The standard InChI is InChI=1S/C8H10BrClN2O/c1-12(2-3-13)8-7(10)4-6(9)5-11-8/h4-5,13H,2-3H2,1H3. The van der Waals surface area contributed by atoms with Crippen LogP contribution in [0.4, 0.5) is 5.82 Å². The lowest BCUT2D eigenvalue weighted by Gasteiger charge is -2.17. The lowest BCUT2D eigenvalue weighted by molar-refractivity contribution is 0.304. The molecule has 0 bridgehead atoms. The van der Waals surface area contributed by atoms with E-state index in [1.54, 1.807) is 17.2 Å². The van der Waals surface area contributed by atoms with Crippen LogP contribution in [0.15, 0.2) is 16.7 Å². The highest BCUT2D eigenvalue weighted by atomic mass is 79.9. The van der Waals surface area contributed by atoms with Crippen LogP contribution in [0.25, 0.3) is 0 Å². The summed E-state index contributed by atoms with van der Waals surface area (Å²) in [7, 11) is 1.83. The van der Waals surface area contributed by atoms with E-state index in [2.05, 4.69) is 20.9 Å². The molecule has 0 aliphatic carbocycles. The van der Waals surface area contributed by atoms with Crippen molar-refractivity contribution in [2.24, 2.45) is 0 Å². The molecule has 0 unspecified atom stereocenters. The zero-order chi connectivity index (χ0) is 9.84. The van der Waals surface area contributed by atoms with Gasteiger partial charge in [0.25, 0.3) is 0 Å². The molecule has 13 heavy (non-hydrogen) atoms. The van der Waals surface area contributed by atoms with Crippen LogP contribution in [0.3, 0.4) is 0 Å². The summed E-state index contributed by atoms with van der Waals surface area (Å²) >= 11 is 9.21. The number of rotatable bonds is 3. The van der Waals surface area contributed by atoms with E-state index in [1.807, 2.05) is 7.05 Å². The minimum absolute atomic E-state index is 0.0879. The Morgan fingerprint density at radius 2 is 2.38 bits per heavy atom. The fourth-order valence-corrected chi connectivity index (χ4v) is 1.72. The van der Waals surface area contributed by atoms with Gasteiger partial charge in [-0.2, -0.15) is 0 Å². The van der Waals surface area contributed by atoms with Crippen LogP contribution in [0.1, 0.15) is 0 Å². The maximum Gasteiger partial charge on any atom is 0.147 e. The Balaban J connectivity index is 2.88. The van der Waals surface area contributed by atoms with E-state index < -0.39 is 0 Å². The quantitative estimate of drug-likeness (QED) is 0.907. The van der Waals surface area contributed by atoms with Gasteiger partial charge in [0.1, 0.15) is 5.82 Å². The van der Waals surface area contributed by atoms with Crippen molar-refractivity contribution in [3.63, 3.8) is 0 Å². The van der Waals surface area contributed by atoms with Gasteiger partial charge in [-0.25, -0.2) is 4.98 Å². The molecule has 0 aliphatic heterocycles. The average molecular weight is 266 g/mol. The number of nitrogens with zero attached hydrogens (tertiary/aromatic N) is 2. The minimum Gasteiger partial charge on any atom is -0.395 e. The van der Waals surface area contributed by atoms with Crippen LogP contribution in [-0.2, 0) is 0 Å². The summed E-state index contributed by atoms with van der Waals surface area (Å²) in [4.78, 5) is 5.93. The normalized spacial score (nSPS) is 10.2. The van der Waals surface area contributed by atoms with Crippen molar-refractivity contribution in [1.82, 2.24) is 4.98 Å². The molecular weight excluding hydrogens is 255 g/mol. The summed E-state index contributed by atoms with van der Waals surface area (Å²) in [5.41, 5.74) is 0. The van der Waals surface area contributed by atoms with Crippen LogP contribution in [0.5, 0.6) is 0 Å². The predicted octanol–water partition coefficient (Wildman–Crippen LogP) is 1.93. The first-order chi connectivity index (χ1) is 6.15. The third-order valence-corrected chi connectivity index (χ3v) is 2.30. The highest BCUT2D eigenvalue weighted by Crippen LogP contribution is 2.24. The number of pyridine rings is 1. The molecule has 0 saturated heterocycles.